The van der Waals surface area contributed by atoms with Gasteiger partial charge in [0.25, 0.3) is 0 Å². The van der Waals surface area contributed by atoms with Gasteiger partial charge in [-0.15, -0.1) is 0 Å². The van der Waals surface area contributed by atoms with E-state index in [-0.39, 0.29) is 32.0 Å². The van der Waals surface area contributed by atoms with Crippen LogP contribution in [0.3, 0.4) is 0 Å². The number of rotatable bonds is 50. The first-order valence-corrected chi connectivity index (χ1v) is 28.9. The molecule has 2 unspecified atom stereocenters. The minimum Gasteiger partial charge on any atom is -0.462 e. The minimum atomic E-state index is -4.38. The molecule has 0 aliphatic heterocycles. The fraction of sp³-hybridized carbons (Fsp3) is 0.821. The van der Waals surface area contributed by atoms with Gasteiger partial charge in [-0.2, -0.15) is 0 Å². The molecule has 0 rings (SSSR count). The summed E-state index contributed by atoms with van der Waals surface area (Å²) < 4.78 is 34.5. The van der Waals surface area contributed by atoms with Crippen molar-refractivity contribution in [2.45, 2.75) is 251 Å². The summed E-state index contributed by atoms with van der Waals surface area (Å²) in [5.74, 6) is -0.799. The first-order valence-electron chi connectivity index (χ1n) is 27.4. The van der Waals surface area contributed by atoms with Gasteiger partial charge in [0.2, 0.25) is 0 Å². The Balaban J connectivity index is 4.21. The maximum absolute atomic E-state index is 12.8. The van der Waals surface area contributed by atoms with E-state index in [0.29, 0.717) is 17.4 Å². The van der Waals surface area contributed by atoms with E-state index in [9.17, 15) is 19.0 Å². The highest BCUT2D eigenvalue weighted by molar-refractivity contribution is 7.47. The number of quaternary nitrogens is 1. The Morgan fingerprint density at radius 3 is 1.23 bits per heavy atom. The molecule has 0 saturated heterocycles. The lowest BCUT2D eigenvalue weighted by Crippen LogP contribution is -2.37. The lowest BCUT2D eigenvalue weighted by molar-refractivity contribution is -0.870. The van der Waals surface area contributed by atoms with Gasteiger partial charge in [0.1, 0.15) is 19.8 Å². The van der Waals surface area contributed by atoms with Crippen LogP contribution in [0.15, 0.2) is 48.6 Å². The van der Waals surface area contributed by atoms with Crippen LogP contribution < -0.4 is 0 Å². The lowest BCUT2D eigenvalue weighted by Gasteiger charge is -2.24. The Kier molecular flexibility index (Phi) is 46.5. The Morgan fingerprint density at radius 2 is 0.818 bits per heavy atom. The molecule has 9 nitrogen and oxygen atoms in total. The third kappa shape index (κ3) is 51.4. The second-order valence-electron chi connectivity index (χ2n) is 19.6. The maximum atomic E-state index is 12.8. The molecule has 0 aliphatic carbocycles. The van der Waals surface area contributed by atoms with E-state index in [1.807, 2.05) is 21.1 Å². The first-order chi connectivity index (χ1) is 32.0. The van der Waals surface area contributed by atoms with Crippen molar-refractivity contribution >= 4 is 19.8 Å². The van der Waals surface area contributed by atoms with Crippen LogP contribution in [0.2, 0.25) is 0 Å². The highest BCUT2D eigenvalue weighted by Crippen LogP contribution is 2.43. The van der Waals surface area contributed by atoms with Crippen molar-refractivity contribution in [3.8, 4) is 0 Å². The normalized spacial score (nSPS) is 13.7. The first kappa shape index (κ1) is 64.0. The molecule has 66 heavy (non-hydrogen) atoms. The number of likely N-dealkylation sites (N-methyl/N-ethyl adjacent to an activating group) is 1. The van der Waals surface area contributed by atoms with Crippen molar-refractivity contribution < 1.29 is 42.1 Å². The highest BCUT2D eigenvalue weighted by atomic mass is 31.2. The van der Waals surface area contributed by atoms with Gasteiger partial charge in [-0.3, -0.25) is 18.6 Å². The van der Waals surface area contributed by atoms with Gasteiger partial charge in [0.05, 0.1) is 27.7 Å². The van der Waals surface area contributed by atoms with Crippen LogP contribution in [-0.2, 0) is 32.7 Å². The molecule has 0 fully saturated rings. The number of ether oxygens (including phenoxy) is 2. The molecule has 0 saturated carbocycles. The second kappa shape index (κ2) is 48.0. The van der Waals surface area contributed by atoms with Gasteiger partial charge in [0, 0.05) is 12.8 Å². The average Bonchev–Trinajstić information content (AvgIpc) is 3.27. The molecule has 0 aromatic rings. The van der Waals surface area contributed by atoms with E-state index in [0.717, 1.165) is 51.4 Å². The van der Waals surface area contributed by atoms with Crippen LogP contribution in [0.5, 0.6) is 0 Å². The van der Waals surface area contributed by atoms with Crippen LogP contribution in [0.25, 0.3) is 0 Å². The van der Waals surface area contributed by atoms with Crippen LogP contribution in [0.4, 0.5) is 0 Å². The quantitative estimate of drug-likeness (QED) is 0.0211. The summed E-state index contributed by atoms with van der Waals surface area (Å²) in [5.41, 5.74) is 0. The molecule has 0 aromatic heterocycles. The summed E-state index contributed by atoms with van der Waals surface area (Å²) in [6.07, 6.45) is 58.7. The Morgan fingerprint density at radius 1 is 0.470 bits per heavy atom. The maximum Gasteiger partial charge on any atom is 0.472 e. The van der Waals surface area contributed by atoms with Gasteiger partial charge in [0.15, 0.2) is 6.10 Å². The molecule has 0 heterocycles. The number of hydrogen-bond donors (Lipinski definition) is 1. The molecule has 0 spiro atoms. The van der Waals surface area contributed by atoms with Crippen LogP contribution in [0.1, 0.15) is 245 Å². The largest absolute Gasteiger partial charge is 0.472 e. The van der Waals surface area contributed by atoms with E-state index in [1.165, 1.54) is 161 Å². The van der Waals surface area contributed by atoms with E-state index >= 15 is 0 Å². The molecule has 0 aromatic carbocycles. The fourth-order valence-electron chi connectivity index (χ4n) is 7.55. The minimum absolute atomic E-state index is 0.0300. The summed E-state index contributed by atoms with van der Waals surface area (Å²) in [4.78, 5) is 35.6. The number of unbranched alkanes of at least 4 members (excludes halogenated alkanes) is 28. The molecule has 0 bridgehead atoms. The van der Waals surface area contributed by atoms with Crippen molar-refractivity contribution in [3.63, 3.8) is 0 Å². The highest BCUT2D eigenvalue weighted by Gasteiger charge is 2.27. The standard InChI is InChI=1S/C56H104NO8P/c1-6-8-10-12-14-16-18-20-22-24-26-27-28-29-31-33-35-37-39-41-43-45-47-49-56(59)65-54(53-64-66(60,61)63-51-50-57(3,4)5)52-62-55(58)48-46-44-42-40-38-36-34-32-30-25-23-21-19-17-15-13-11-9-7-2/h15,17-18,20-21,23-24,26,54H,6-14,16,19,22,25,27-53H2,1-5H3/p+1/b17-15-,20-18-,23-21-,26-24-. The number of hydrogen-bond acceptors (Lipinski definition) is 7. The number of nitrogens with zero attached hydrogens (tertiary/aromatic N) is 1. The fourth-order valence-corrected chi connectivity index (χ4v) is 8.29. The van der Waals surface area contributed by atoms with E-state index in [1.54, 1.807) is 0 Å². The second-order valence-corrected chi connectivity index (χ2v) is 21.1. The Labute approximate surface area is 407 Å². The summed E-state index contributed by atoms with van der Waals surface area (Å²) >= 11 is 0. The van der Waals surface area contributed by atoms with Gasteiger partial charge in [-0.25, -0.2) is 4.57 Å². The van der Waals surface area contributed by atoms with E-state index < -0.39 is 26.5 Å². The number of allylic oxidation sites excluding steroid dienone is 8. The molecule has 10 heteroatoms. The summed E-state index contributed by atoms with van der Waals surface area (Å²) in [6.45, 7) is 4.41. The third-order valence-corrected chi connectivity index (χ3v) is 12.8. The van der Waals surface area contributed by atoms with Crippen LogP contribution in [0, 0.1) is 0 Å². The molecule has 2 atom stereocenters. The van der Waals surface area contributed by atoms with E-state index in [4.69, 9.17) is 18.5 Å². The number of phosphoric ester groups is 1. The summed E-state index contributed by atoms with van der Waals surface area (Å²) in [5, 5.41) is 0. The summed E-state index contributed by atoms with van der Waals surface area (Å²) in [7, 11) is 1.48. The third-order valence-electron chi connectivity index (χ3n) is 11.8. The van der Waals surface area contributed by atoms with Gasteiger partial charge in [-0.05, 0) is 77.0 Å². The summed E-state index contributed by atoms with van der Waals surface area (Å²) in [6, 6.07) is 0. The van der Waals surface area contributed by atoms with Gasteiger partial charge < -0.3 is 18.9 Å². The van der Waals surface area contributed by atoms with Crippen molar-refractivity contribution in [2.75, 3.05) is 47.5 Å². The molecular formula is C56H105NO8P+. The zero-order valence-corrected chi connectivity index (χ0v) is 44.6. The van der Waals surface area contributed by atoms with Crippen molar-refractivity contribution in [2.24, 2.45) is 0 Å². The van der Waals surface area contributed by atoms with Crippen molar-refractivity contribution in [1.29, 1.82) is 0 Å². The molecule has 0 radical (unpaired) electrons. The molecule has 1 N–H and O–H groups in total. The predicted octanol–water partition coefficient (Wildman–Crippen LogP) is 16.6. The van der Waals surface area contributed by atoms with Crippen LogP contribution >= 0.6 is 7.82 Å². The van der Waals surface area contributed by atoms with Gasteiger partial charge >= 0.3 is 19.8 Å². The topological polar surface area (TPSA) is 108 Å². The predicted molar refractivity (Wildman–Crippen MR) is 280 cm³/mol. The molecule has 0 amide bonds. The van der Waals surface area contributed by atoms with Gasteiger partial charge in [-0.1, -0.05) is 204 Å². The molecule has 0 aliphatic rings. The van der Waals surface area contributed by atoms with E-state index in [2.05, 4.69) is 62.5 Å². The molecular weight excluding hydrogens is 846 g/mol. The number of carbonyl (C=O) groups is 2. The SMILES string of the molecule is CCCCC/C=C\C/C=C\CCCCCCCCCCCC(=O)OCC(COP(=O)(O)OCC[N+](C)(C)C)OC(=O)CCCCCCCCCCCCC/C=C\C/C=C\CCCCCCC. The van der Waals surface area contributed by atoms with Crippen molar-refractivity contribution in [3.05, 3.63) is 48.6 Å². The zero-order valence-electron chi connectivity index (χ0n) is 43.7. The number of phosphoric acid groups is 1. The zero-order chi connectivity index (χ0) is 48.5. The monoisotopic (exact) mass is 951 g/mol. The Hall–Kier alpha value is -2.03. The lowest BCUT2D eigenvalue weighted by atomic mass is 10.0. The van der Waals surface area contributed by atoms with Crippen molar-refractivity contribution in [1.82, 2.24) is 0 Å². The average molecular weight is 951 g/mol. The molecule has 386 valence electrons. The smallest absolute Gasteiger partial charge is 0.462 e. The number of esters is 2. The Bertz CT molecular complexity index is 1260. The number of carbonyl (C=O) groups excluding carboxylic acids is 2. The van der Waals surface area contributed by atoms with Crippen LogP contribution in [-0.4, -0.2) is 74.9 Å².